The van der Waals surface area contributed by atoms with Gasteiger partial charge in [0.15, 0.2) is 0 Å². The van der Waals surface area contributed by atoms with Crippen molar-refractivity contribution in [3.63, 3.8) is 0 Å². The topological polar surface area (TPSA) is 87.7 Å². The fourth-order valence-electron chi connectivity index (χ4n) is 2.84. The lowest BCUT2D eigenvalue weighted by Gasteiger charge is -2.33. The van der Waals surface area contributed by atoms with Crippen molar-refractivity contribution in [2.75, 3.05) is 19.8 Å². The molecule has 2 amide bonds. The van der Waals surface area contributed by atoms with Gasteiger partial charge in [-0.05, 0) is 32.1 Å². The molecular formula is C15H24N2O4. The van der Waals surface area contributed by atoms with Crippen molar-refractivity contribution in [2.24, 2.45) is 0 Å². The maximum absolute atomic E-state index is 11.9. The van der Waals surface area contributed by atoms with Crippen LogP contribution in [0.25, 0.3) is 0 Å². The molecule has 1 heterocycles. The third-order valence-corrected chi connectivity index (χ3v) is 4.23. The Bertz CT molecular complexity index is 414. The molecule has 1 saturated heterocycles. The minimum Gasteiger partial charge on any atom is -0.480 e. The van der Waals surface area contributed by atoms with Gasteiger partial charge in [-0.1, -0.05) is 11.6 Å². The van der Waals surface area contributed by atoms with E-state index in [1.54, 1.807) is 0 Å². The number of hydrogen-bond acceptors (Lipinski definition) is 3. The van der Waals surface area contributed by atoms with Crippen molar-refractivity contribution in [3.8, 4) is 0 Å². The van der Waals surface area contributed by atoms with Crippen molar-refractivity contribution in [1.82, 2.24) is 10.6 Å². The molecule has 3 N–H and O–H groups in total. The highest BCUT2D eigenvalue weighted by molar-refractivity contribution is 5.86. The van der Waals surface area contributed by atoms with Gasteiger partial charge in [0.1, 0.15) is 5.54 Å². The molecule has 0 bridgehead atoms. The summed E-state index contributed by atoms with van der Waals surface area (Å²) in [5.41, 5.74) is 0.201. The van der Waals surface area contributed by atoms with Crippen molar-refractivity contribution in [1.29, 1.82) is 0 Å². The maximum Gasteiger partial charge on any atom is 0.329 e. The summed E-state index contributed by atoms with van der Waals surface area (Å²) in [4.78, 5) is 23.3. The van der Waals surface area contributed by atoms with E-state index in [0.717, 1.165) is 19.3 Å². The summed E-state index contributed by atoms with van der Waals surface area (Å²) >= 11 is 0. The first-order valence-electron chi connectivity index (χ1n) is 7.67. The average molecular weight is 296 g/mol. The van der Waals surface area contributed by atoms with Crippen LogP contribution in [0.15, 0.2) is 11.6 Å². The molecule has 1 aliphatic carbocycles. The molecule has 118 valence electrons. The molecular weight excluding hydrogens is 272 g/mol. The Morgan fingerprint density at radius 1 is 1.29 bits per heavy atom. The molecule has 0 atom stereocenters. The Kier molecular flexibility index (Phi) is 5.61. The van der Waals surface area contributed by atoms with Crippen molar-refractivity contribution >= 4 is 12.0 Å². The molecule has 0 radical (unpaired) electrons. The quantitative estimate of drug-likeness (QED) is 0.675. The smallest absolute Gasteiger partial charge is 0.329 e. The number of urea groups is 1. The molecule has 1 fully saturated rings. The Morgan fingerprint density at radius 2 is 2.05 bits per heavy atom. The Labute approximate surface area is 124 Å². The van der Waals surface area contributed by atoms with Crippen LogP contribution in [0.4, 0.5) is 4.79 Å². The molecule has 0 saturated carbocycles. The first-order chi connectivity index (χ1) is 10.1. The van der Waals surface area contributed by atoms with Gasteiger partial charge in [0.25, 0.3) is 0 Å². The van der Waals surface area contributed by atoms with E-state index >= 15 is 0 Å². The molecule has 1 aliphatic heterocycles. The standard InChI is InChI=1S/C15H24N2O4/c18-13(19)15(7-10-21-11-8-15)17-14(20)16-9-6-12-4-2-1-3-5-12/h4H,1-3,5-11H2,(H,18,19)(H2,16,17,20). The number of amides is 2. The summed E-state index contributed by atoms with van der Waals surface area (Å²) in [7, 11) is 0. The van der Waals surface area contributed by atoms with Gasteiger partial charge in [-0.25, -0.2) is 9.59 Å². The zero-order valence-corrected chi connectivity index (χ0v) is 12.3. The number of carbonyl (C=O) groups is 2. The predicted molar refractivity (Wildman–Crippen MR) is 78.1 cm³/mol. The van der Waals surface area contributed by atoms with E-state index in [2.05, 4.69) is 16.7 Å². The number of carbonyl (C=O) groups excluding carboxylic acids is 1. The fraction of sp³-hybridized carbons (Fsp3) is 0.733. The lowest BCUT2D eigenvalue weighted by Crippen LogP contribution is -2.59. The van der Waals surface area contributed by atoms with Gasteiger partial charge in [0, 0.05) is 32.6 Å². The second-order valence-corrected chi connectivity index (χ2v) is 5.74. The fourth-order valence-corrected chi connectivity index (χ4v) is 2.84. The summed E-state index contributed by atoms with van der Waals surface area (Å²) < 4.78 is 5.17. The summed E-state index contributed by atoms with van der Waals surface area (Å²) in [6, 6.07) is -0.407. The van der Waals surface area contributed by atoms with E-state index < -0.39 is 17.5 Å². The van der Waals surface area contributed by atoms with Gasteiger partial charge in [0.05, 0.1) is 0 Å². The van der Waals surface area contributed by atoms with Crippen LogP contribution in [0.3, 0.4) is 0 Å². The number of carboxylic acids is 1. The summed E-state index contributed by atoms with van der Waals surface area (Å²) in [5, 5.41) is 14.7. The molecule has 0 spiro atoms. The second-order valence-electron chi connectivity index (χ2n) is 5.74. The van der Waals surface area contributed by atoms with Gasteiger partial charge >= 0.3 is 12.0 Å². The van der Waals surface area contributed by atoms with Gasteiger partial charge in [-0.15, -0.1) is 0 Å². The van der Waals surface area contributed by atoms with Crippen LogP contribution >= 0.6 is 0 Å². The molecule has 0 aromatic carbocycles. The monoisotopic (exact) mass is 296 g/mol. The Morgan fingerprint density at radius 3 is 2.67 bits per heavy atom. The van der Waals surface area contributed by atoms with Crippen LogP contribution in [0, 0.1) is 0 Å². The van der Waals surface area contributed by atoms with Gasteiger partial charge in [-0.3, -0.25) is 0 Å². The van der Waals surface area contributed by atoms with Crippen LogP contribution in [0.5, 0.6) is 0 Å². The van der Waals surface area contributed by atoms with Crippen LogP contribution < -0.4 is 10.6 Å². The Hall–Kier alpha value is -1.56. The van der Waals surface area contributed by atoms with Crippen LogP contribution in [-0.2, 0) is 9.53 Å². The number of nitrogens with one attached hydrogen (secondary N) is 2. The summed E-state index contributed by atoms with van der Waals surface area (Å²) in [5.74, 6) is -0.990. The van der Waals surface area contributed by atoms with Gasteiger partial charge < -0.3 is 20.5 Å². The molecule has 0 unspecified atom stereocenters. The van der Waals surface area contributed by atoms with Crippen molar-refractivity contribution in [2.45, 2.75) is 50.5 Å². The van der Waals surface area contributed by atoms with Crippen LogP contribution in [-0.4, -0.2) is 42.4 Å². The van der Waals surface area contributed by atoms with Crippen LogP contribution in [0.1, 0.15) is 44.9 Å². The van der Waals surface area contributed by atoms with Crippen molar-refractivity contribution < 1.29 is 19.4 Å². The highest BCUT2D eigenvalue weighted by atomic mass is 16.5. The van der Waals surface area contributed by atoms with E-state index in [1.807, 2.05) is 0 Å². The zero-order chi connectivity index (χ0) is 15.1. The lowest BCUT2D eigenvalue weighted by atomic mass is 9.90. The molecule has 2 rings (SSSR count). The third kappa shape index (κ3) is 4.46. The van der Waals surface area contributed by atoms with E-state index in [1.165, 1.54) is 18.4 Å². The van der Waals surface area contributed by atoms with E-state index in [0.29, 0.717) is 32.6 Å². The summed E-state index contributed by atoms with van der Waals surface area (Å²) in [6.45, 7) is 1.27. The molecule has 6 heteroatoms. The first-order valence-corrected chi connectivity index (χ1v) is 7.67. The number of ether oxygens (including phenoxy) is 1. The van der Waals surface area contributed by atoms with E-state index in [9.17, 15) is 14.7 Å². The minimum absolute atomic E-state index is 0.306. The molecule has 21 heavy (non-hydrogen) atoms. The molecule has 6 nitrogen and oxygen atoms in total. The normalized spacial score (nSPS) is 21.2. The average Bonchev–Trinajstić information content (AvgIpc) is 2.49. The highest BCUT2D eigenvalue weighted by Crippen LogP contribution is 2.21. The maximum atomic E-state index is 11.9. The molecule has 2 aliphatic rings. The van der Waals surface area contributed by atoms with E-state index in [4.69, 9.17) is 4.74 Å². The number of aliphatic carboxylic acids is 1. The number of rotatable bonds is 5. The minimum atomic E-state index is -1.19. The Balaban J connectivity index is 1.77. The molecule has 0 aromatic heterocycles. The summed E-state index contributed by atoms with van der Waals surface area (Å²) in [6.07, 6.45) is 8.42. The molecule has 0 aromatic rings. The van der Waals surface area contributed by atoms with Crippen molar-refractivity contribution in [3.05, 3.63) is 11.6 Å². The zero-order valence-electron chi connectivity index (χ0n) is 12.3. The third-order valence-electron chi connectivity index (χ3n) is 4.23. The van der Waals surface area contributed by atoms with Gasteiger partial charge in [0.2, 0.25) is 0 Å². The largest absolute Gasteiger partial charge is 0.480 e. The highest BCUT2D eigenvalue weighted by Gasteiger charge is 2.41. The second kappa shape index (κ2) is 7.45. The number of hydrogen-bond donors (Lipinski definition) is 3. The van der Waals surface area contributed by atoms with E-state index in [-0.39, 0.29) is 0 Å². The number of carboxylic acid groups (broad SMARTS) is 1. The van der Waals surface area contributed by atoms with Crippen LogP contribution in [0.2, 0.25) is 0 Å². The predicted octanol–water partition coefficient (Wildman–Crippen LogP) is 1.81. The SMILES string of the molecule is O=C(NCCC1=CCCCC1)NC1(C(=O)O)CCOCC1. The first kappa shape index (κ1) is 15.8. The number of allylic oxidation sites excluding steroid dienone is 1. The van der Waals surface area contributed by atoms with Gasteiger partial charge in [-0.2, -0.15) is 0 Å². The lowest BCUT2D eigenvalue weighted by molar-refractivity contribution is -0.148.